The van der Waals surface area contributed by atoms with Crippen LogP contribution in [0.1, 0.15) is 57.1 Å². The summed E-state index contributed by atoms with van der Waals surface area (Å²) in [5.41, 5.74) is 2.86. The molecular weight excluding hydrogens is 304 g/mol. The van der Waals surface area contributed by atoms with Crippen LogP contribution in [0.4, 0.5) is 0 Å². The van der Waals surface area contributed by atoms with E-state index in [0.717, 1.165) is 11.7 Å². The van der Waals surface area contributed by atoms with Crippen molar-refractivity contribution in [1.82, 2.24) is 0 Å². The van der Waals surface area contributed by atoms with Gasteiger partial charge in [-0.2, -0.15) is 11.8 Å². The molecule has 1 aliphatic carbocycles. The van der Waals surface area contributed by atoms with Crippen LogP contribution in [-0.4, -0.2) is 5.25 Å². The van der Waals surface area contributed by atoms with Crippen LogP contribution in [0.3, 0.4) is 0 Å². The van der Waals surface area contributed by atoms with Crippen molar-refractivity contribution in [3.05, 3.63) is 35.4 Å². The van der Waals surface area contributed by atoms with Crippen LogP contribution >= 0.6 is 27.7 Å². The minimum absolute atomic E-state index is 0.129. The summed E-state index contributed by atoms with van der Waals surface area (Å²) in [6.07, 6.45) is 6.85. The number of halogens is 1. The van der Waals surface area contributed by atoms with E-state index in [9.17, 15) is 0 Å². The smallest absolute Gasteiger partial charge is 0.0475 e. The molecule has 0 bridgehead atoms. The van der Waals surface area contributed by atoms with Crippen LogP contribution < -0.4 is 0 Å². The molecule has 0 nitrogen and oxygen atoms in total. The maximum Gasteiger partial charge on any atom is 0.0475 e. The number of rotatable bonds is 5. The lowest BCUT2D eigenvalue weighted by Gasteiger charge is -2.21. The molecule has 1 unspecified atom stereocenters. The van der Waals surface area contributed by atoms with Gasteiger partial charge in [0.2, 0.25) is 0 Å². The largest absolute Gasteiger partial charge is 0.154 e. The van der Waals surface area contributed by atoms with Crippen molar-refractivity contribution < 1.29 is 0 Å². The fourth-order valence-electron chi connectivity index (χ4n) is 2.42. The Morgan fingerprint density at radius 3 is 2.39 bits per heavy atom. The molecule has 1 saturated carbocycles. The normalized spacial score (nSPS) is 19.9. The second-order valence-corrected chi connectivity index (χ2v) is 8.50. The molecule has 0 aliphatic heterocycles. The van der Waals surface area contributed by atoms with Gasteiger partial charge in [0, 0.05) is 15.3 Å². The molecule has 0 amide bonds. The molecule has 1 aromatic carbocycles. The highest BCUT2D eigenvalue weighted by molar-refractivity contribution is 9.09. The summed E-state index contributed by atoms with van der Waals surface area (Å²) in [5.74, 6) is 1.18. The Bertz CT molecular complexity index is 363. The fraction of sp³-hybridized carbons (Fsp3) is 0.625. The van der Waals surface area contributed by atoms with Crippen LogP contribution in [-0.2, 0) is 10.1 Å². The van der Waals surface area contributed by atoms with Crippen molar-refractivity contribution in [2.45, 2.75) is 61.3 Å². The van der Waals surface area contributed by atoms with E-state index in [1.54, 1.807) is 0 Å². The number of benzene rings is 1. The Morgan fingerprint density at radius 1 is 1.22 bits per heavy atom. The van der Waals surface area contributed by atoms with Crippen molar-refractivity contribution >= 4 is 27.7 Å². The average molecular weight is 327 g/mol. The first-order valence-corrected chi connectivity index (χ1v) is 8.86. The molecule has 1 aliphatic rings. The van der Waals surface area contributed by atoms with Gasteiger partial charge in [0.1, 0.15) is 0 Å². The van der Waals surface area contributed by atoms with Gasteiger partial charge >= 0.3 is 0 Å². The predicted molar refractivity (Wildman–Crippen MR) is 86.6 cm³/mol. The van der Waals surface area contributed by atoms with E-state index in [1.165, 1.54) is 42.6 Å². The molecule has 18 heavy (non-hydrogen) atoms. The van der Waals surface area contributed by atoms with Gasteiger partial charge in [-0.3, -0.25) is 0 Å². The van der Waals surface area contributed by atoms with E-state index >= 15 is 0 Å². The predicted octanol–water partition coefficient (Wildman–Crippen LogP) is 5.88. The van der Waals surface area contributed by atoms with E-state index < -0.39 is 0 Å². The Morgan fingerprint density at radius 2 is 1.83 bits per heavy atom. The minimum atomic E-state index is 0.129. The van der Waals surface area contributed by atoms with Crippen molar-refractivity contribution in [2.75, 3.05) is 0 Å². The lowest BCUT2D eigenvalue weighted by molar-refractivity contribution is 0.681. The molecule has 1 aromatic rings. The van der Waals surface area contributed by atoms with Gasteiger partial charge < -0.3 is 0 Å². The molecule has 2 heteroatoms. The second kappa shape index (κ2) is 6.47. The zero-order chi connectivity index (χ0) is 13.0. The first-order chi connectivity index (χ1) is 8.62. The Balaban J connectivity index is 1.91. The molecule has 100 valence electrons. The highest BCUT2D eigenvalue weighted by Gasteiger charge is 2.20. The SMILES string of the molecule is CCC(C)(Br)c1ccc(CSC2CCCC2)cc1. The van der Waals surface area contributed by atoms with Crippen molar-refractivity contribution in [1.29, 1.82) is 0 Å². The summed E-state index contributed by atoms with van der Waals surface area (Å²) < 4.78 is 0.129. The van der Waals surface area contributed by atoms with E-state index in [0.29, 0.717) is 0 Å². The van der Waals surface area contributed by atoms with Gasteiger partial charge in [-0.05, 0) is 37.3 Å². The summed E-state index contributed by atoms with van der Waals surface area (Å²) in [7, 11) is 0. The molecule has 0 aromatic heterocycles. The Labute approximate surface area is 124 Å². The van der Waals surface area contributed by atoms with Crippen molar-refractivity contribution in [3.8, 4) is 0 Å². The third kappa shape index (κ3) is 3.77. The minimum Gasteiger partial charge on any atom is -0.154 e. The molecule has 0 N–H and O–H groups in total. The molecule has 0 spiro atoms. The maximum absolute atomic E-state index is 3.80. The molecule has 2 rings (SSSR count). The van der Waals surface area contributed by atoms with Crippen LogP contribution in [0.2, 0.25) is 0 Å². The molecule has 0 saturated heterocycles. The summed E-state index contributed by atoms with van der Waals surface area (Å²) in [6.45, 7) is 4.47. The van der Waals surface area contributed by atoms with Gasteiger partial charge in [0.15, 0.2) is 0 Å². The van der Waals surface area contributed by atoms with Crippen molar-refractivity contribution in [3.63, 3.8) is 0 Å². The molecule has 1 atom stereocenters. The fourth-order valence-corrected chi connectivity index (χ4v) is 3.97. The van der Waals surface area contributed by atoms with Gasteiger partial charge in [-0.15, -0.1) is 0 Å². The third-order valence-electron chi connectivity index (χ3n) is 4.01. The second-order valence-electron chi connectivity index (χ2n) is 5.47. The molecule has 0 radical (unpaired) electrons. The first-order valence-electron chi connectivity index (χ1n) is 7.02. The summed E-state index contributed by atoms with van der Waals surface area (Å²) in [6, 6.07) is 9.16. The molecular formula is C16H23BrS. The molecule has 0 heterocycles. The number of hydrogen-bond acceptors (Lipinski definition) is 1. The highest BCUT2D eigenvalue weighted by Crippen LogP contribution is 2.35. The zero-order valence-corrected chi connectivity index (χ0v) is 13.8. The number of thioether (sulfide) groups is 1. The van der Waals surface area contributed by atoms with E-state index in [1.807, 2.05) is 0 Å². The number of alkyl halides is 1. The summed E-state index contributed by atoms with van der Waals surface area (Å²) >= 11 is 5.95. The topological polar surface area (TPSA) is 0 Å². The van der Waals surface area contributed by atoms with E-state index in [2.05, 4.69) is 65.8 Å². The standard InChI is InChI=1S/C16H23BrS/c1-3-16(2,17)14-10-8-13(9-11-14)12-18-15-6-4-5-7-15/h8-11,15H,3-7,12H2,1-2H3. The van der Waals surface area contributed by atoms with Crippen molar-refractivity contribution in [2.24, 2.45) is 0 Å². The summed E-state index contributed by atoms with van der Waals surface area (Å²) in [4.78, 5) is 0. The molecule has 1 fully saturated rings. The first kappa shape index (κ1) is 14.5. The van der Waals surface area contributed by atoms with Gasteiger partial charge in [0.05, 0.1) is 0 Å². The summed E-state index contributed by atoms with van der Waals surface area (Å²) in [5, 5.41) is 0.918. The highest BCUT2D eigenvalue weighted by atomic mass is 79.9. The van der Waals surface area contributed by atoms with Crippen LogP contribution in [0.5, 0.6) is 0 Å². The monoisotopic (exact) mass is 326 g/mol. The third-order valence-corrected chi connectivity index (χ3v) is 6.47. The zero-order valence-electron chi connectivity index (χ0n) is 11.4. The lowest BCUT2D eigenvalue weighted by Crippen LogP contribution is -2.10. The maximum atomic E-state index is 3.80. The van der Waals surface area contributed by atoms with Gasteiger partial charge in [-0.25, -0.2) is 0 Å². The van der Waals surface area contributed by atoms with Crippen LogP contribution in [0.15, 0.2) is 24.3 Å². The Hall–Kier alpha value is 0.0500. The van der Waals surface area contributed by atoms with Crippen LogP contribution in [0, 0.1) is 0 Å². The van der Waals surface area contributed by atoms with Gasteiger partial charge in [-0.1, -0.05) is 60.0 Å². The lowest BCUT2D eigenvalue weighted by atomic mass is 9.97. The van der Waals surface area contributed by atoms with Gasteiger partial charge in [0.25, 0.3) is 0 Å². The number of hydrogen-bond donors (Lipinski definition) is 0. The quantitative estimate of drug-likeness (QED) is 0.608. The average Bonchev–Trinajstić information content (AvgIpc) is 2.90. The van der Waals surface area contributed by atoms with E-state index in [-0.39, 0.29) is 4.32 Å². The van der Waals surface area contributed by atoms with E-state index in [4.69, 9.17) is 0 Å². The Kier molecular flexibility index (Phi) is 5.20. The van der Waals surface area contributed by atoms with Crippen LogP contribution in [0.25, 0.3) is 0 Å².